The molecule has 254 valence electrons. The Labute approximate surface area is 319 Å². The Balaban J connectivity index is 1.22. The summed E-state index contributed by atoms with van der Waals surface area (Å²) in [7, 11) is 0. The van der Waals surface area contributed by atoms with Gasteiger partial charge in [0.1, 0.15) is 0 Å². The lowest BCUT2D eigenvalue weighted by atomic mass is 9.67. The van der Waals surface area contributed by atoms with Crippen LogP contribution in [-0.4, -0.2) is 0 Å². The molecule has 0 saturated carbocycles. The van der Waals surface area contributed by atoms with Crippen molar-refractivity contribution in [3.63, 3.8) is 0 Å². The molecule has 0 amide bonds. The molecule has 11 aromatic rings. The lowest BCUT2D eigenvalue weighted by Gasteiger charge is -2.34. The van der Waals surface area contributed by atoms with Crippen LogP contribution in [0.5, 0.6) is 0 Å². The van der Waals surface area contributed by atoms with E-state index in [4.69, 9.17) is 0 Å². The Kier molecular flexibility index (Phi) is 6.36. The smallest absolute Gasteiger partial charge is 0.0622 e. The minimum atomic E-state index is -0.503. The van der Waals surface area contributed by atoms with Gasteiger partial charge in [-0.25, -0.2) is 0 Å². The van der Waals surface area contributed by atoms with Gasteiger partial charge in [-0.1, -0.05) is 188 Å². The van der Waals surface area contributed by atoms with Gasteiger partial charge in [-0.05, 0) is 128 Å². The maximum absolute atomic E-state index is 2.52. The monoisotopic (exact) mass is 694 g/mol. The van der Waals surface area contributed by atoms with E-state index in [1.807, 2.05) is 0 Å². The summed E-state index contributed by atoms with van der Waals surface area (Å²) < 4.78 is 0. The first kappa shape index (κ1) is 30.4. The Morgan fingerprint density at radius 2 is 0.836 bits per heavy atom. The van der Waals surface area contributed by atoms with Crippen LogP contribution in [0.25, 0.3) is 87.2 Å². The average Bonchev–Trinajstić information content (AvgIpc) is 3.55. The molecule has 0 unspecified atom stereocenters. The number of hydrogen-bond acceptors (Lipinski definition) is 0. The molecule has 0 N–H and O–H groups in total. The molecule has 0 aliphatic heterocycles. The van der Waals surface area contributed by atoms with Gasteiger partial charge >= 0.3 is 0 Å². The van der Waals surface area contributed by atoms with Gasteiger partial charge in [-0.2, -0.15) is 0 Å². The molecule has 55 heavy (non-hydrogen) atoms. The number of hydrogen-bond donors (Lipinski definition) is 0. The third-order valence-electron chi connectivity index (χ3n) is 12.4. The number of rotatable bonds is 4. The molecule has 1 aliphatic carbocycles. The van der Waals surface area contributed by atoms with Crippen LogP contribution in [-0.2, 0) is 5.41 Å². The second kappa shape index (κ2) is 11.5. The van der Waals surface area contributed by atoms with Crippen molar-refractivity contribution in [2.75, 3.05) is 0 Å². The van der Waals surface area contributed by atoms with Crippen LogP contribution >= 0.6 is 0 Å². The summed E-state index contributed by atoms with van der Waals surface area (Å²) in [5.74, 6) is 0. The van der Waals surface area contributed by atoms with E-state index in [-0.39, 0.29) is 0 Å². The Morgan fingerprint density at radius 3 is 1.62 bits per heavy atom. The lowest BCUT2D eigenvalue weighted by molar-refractivity contribution is 0.769. The standard InChI is InChI=1S/C55H34/c1-3-16-43(17-4-1)55(44-18-5-2-6-19-44)49-21-10-9-20-48(49)54-50(55)34-42-33-40(28-30-46(42)53(54)41-25-22-35-12-7-8-13-39(35)32-41)45-29-26-38-24-23-36-14-11-15-37-27-31-47(45)52(38)51(36)37/h1-34H. The zero-order valence-electron chi connectivity index (χ0n) is 30.1. The second-order valence-corrected chi connectivity index (χ2v) is 15.2. The molecule has 0 radical (unpaired) electrons. The predicted molar refractivity (Wildman–Crippen MR) is 233 cm³/mol. The average molecular weight is 695 g/mol. The van der Waals surface area contributed by atoms with Crippen molar-refractivity contribution in [2.45, 2.75) is 5.41 Å². The predicted octanol–water partition coefficient (Wildman–Crippen LogP) is 14.6. The van der Waals surface area contributed by atoms with Gasteiger partial charge in [0.15, 0.2) is 0 Å². The highest BCUT2D eigenvalue weighted by atomic mass is 14.5. The van der Waals surface area contributed by atoms with E-state index in [9.17, 15) is 0 Å². The fraction of sp³-hybridized carbons (Fsp3) is 0.0182. The maximum atomic E-state index is 2.52. The summed E-state index contributed by atoms with van der Waals surface area (Å²) in [4.78, 5) is 0. The number of benzene rings is 11. The molecule has 11 aromatic carbocycles. The maximum Gasteiger partial charge on any atom is 0.0714 e. The third-order valence-corrected chi connectivity index (χ3v) is 12.4. The van der Waals surface area contributed by atoms with E-state index in [2.05, 4.69) is 206 Å². The second-order valence-electron chi connectivity index (χ2n) is 15.2. The molecule has 0 atom stereocenters. The molecule has 0 nitrogen and oxygen atoms in total. The Hall–Kier alpha value is -7.02. The van der Waals surface area contributed by atoms with Gasteiger partial charge in [-0.15, -0.1) is 0 Å². The SMILES string of the molecule is c1ccc(C2(c3ccccc3)c3ccccc3-c3c2cc2cc(-c4ccc5ccc6cccc7ccc4c5c67)ccc2c3-c2ccc3ccccc3c2)cc1. The first-order valence-corrected chi connectivity index (χ1v) is 19.3. The van der Waals surface area contributed by atoms with E-state index in [0.717, 1.165) is 0 Å². The van der Waals surface area contributed by atoms with Crippen molar-refractivity contribution < 1.29 is 0 Å². The van der Waals surface area contributed by atoms with E-state index >= 15 is 0 Å². The van der Waals surface area contributed by atoms with Crippen molar-refractivity contribution in [3.05, 3.63) is 229 Å². The fourth-order valence-electron chi connectivity index (χ4n) is 10.1. The van der Waals surface area contributed by atoms with Crippen molar-refractivity contribution in [3.8, 4) is 33.4 Å². The molecule has 0 heterocycles. The molecule has 0 saturated heterocycles. The van der Waals surface area contributed by atoms with Crippen molar-refractivity contribution in [1.82, 2.24) is 0 Å². The van der Waals surface area contributed by atoms with Gasteiger partial charge < -0.3 is 0 Å². The summed E-state index contributed by atoms with van der Waals surface area (Å²) in [6.07, 6.45) is 0. The molecule has 0 fully saturated rings. The van der Waals surface area contributed by atoms with E-state index in [0.29, 0.717) is 0 Å². The summed E-state index contributed by atoms with van der Waals surface area (Å²) in [6.45, 7) is 0. The summed E-state index contributed by atoms with van der Waals surface area (Å²) in [5, 5.41) is 12.9. The summed E-state index contributed by atoms with van der Waals surface area (Å²) in [6, 6.07) is 77.4. The highest BCUT2D eigenvalue weighted by molar-refractivity contribution is 6.25. The van der Waals surface area contributed by atoms with E-state index in [1.54, 1.807) is 0 Å². The molecule has 0 heteroatoms. The largest absolute Gasteiger partial charge is 0.0714 e. The molecule has 0 spiro atoms. The van der Waals surface area contributed by atoms with Crippen LogP contribution in [0.1, 0.15) is 22.3 Å². The van der Waals surface area contributed by atoms with Crippen LogP contribution in [0.15, 0.2) is 206 Å². The number of fused-ring (bicyclic) bond motifs is 5. The van der Waals surface area contributed by atoms with Gasteiger partial charge in [0.2, 0.25) is 0 Å². The normalized spacial score (nSPS) is 13.2. The summed E-state index contributed by atoms with van der Waals surface area (Å²) in [5.41, 5.74) is 12.4. The van der Waals surface area contributed by atoms with Crippen LogP contribution in [0, 0.1) is 0 Å². The third kappa shape index (κ3) is 4.23. The molecule has 0 bridgehead atoms. The van der Waals surface area contributed by atoms with Gasteiger partial charge in [0.25, 0.3) is 0 Å². The van der Waals surface area contributed by atoms with Gasteiger partial charge in [0.05, 0.1) is 5.41 Å². The first-order chi connectivity index (χ1) is 27.3. The highest BCUT2D eigenvalue weighted by Crippen LogP contribution is 2.60. The molecular formula is C55H34. The molecule has 1 aliphatic rings. The minimum Gasteiger partial charge on any atom is -0.0622 e. The van der Waals surface area contributed by atoms with Crippen molar-refractivity contribution >= 4 is 53.9 Å². The zero-order valence-corrected chi connectivity index (χ0v) is 30.1. The molecule has 12 rings (SSSR count). The topological polar surface area (TPSA) is 0 Å². The quantitative estimate of drug-likeness (QED) is 0.161. The van der Waals surface area contributed by atoms with Gasteiger partial charge in [-0.3, -0.25) is 0 Å². The van der Waals surface area contributed by atoms with Crippen LogP contribution in [0.2, 0.25) is 0 Å². The minimum absolute atomic E-state index is 0.503. The first-order valence-electron chi connectivity index (χ1n) is 19.3. The summed E-state index contributed by atoms with van der Waals surface area (Å²) >= 11 is 0. The lowest BCUT2D eigenvalue weighted by Crippen LogP contribution is -2.28. The molecular weight excluding hydrogens is 661 g/mol. The van der Waals surface area contributed by atoms with E-state index in [1.165, 1.54) is 109 Å². The Morgan fingerprint density at radius 1 is 0.273 bits per heavy atom. The van der Waals surface area contributed by atoms with Crippen molar-refractivity contribution in [2.24, 2.45) is 0 Å². The van der Waals surface area contributed by atoms with E-state index < -0.39 is 5.41 Å². The fourth-order valence-corrected chi connectivity index (χ4v) is 10.1. The Bertz CT molecular complexity index is 3240. The zero-order chi connectivity index (χ0) is 36.1. The van der Waals surface area contributed by atoms with Crippen molar-refractivity contribution in [1.29, 1.82) is 0 Å². The molecule has 0 aromatic heterocycles. The van der Waals surface area contributed by atoms with Crippen LogP contribution in [0.3, 0.4) is 0 Å². The van der Waals surface area contributed by atoms with Crippen LogP contribution in [0.4, 0.5) is 0 Å². The highest BCUT2D eigenvalue weighted by Gasteiger charge is 2.47. The van der Waals surface area contributed by atoms with Crippen LogP contribution < -0.4 is 0 Å². The van der Waals surface area contributed by atoms with Gasteiger partial charge in [0, 0.05) is 0 Å².